The van der Waals surface area contributed by atoms with Crippen LogP contribution in [0.1, 0.15) is 18.9 Å². The van der Waals surface area contributed by atoms with Crippen LogP contribution in [0.15, 0.2) is 24.3 Å². The Morgan fingerprint density at radius 1 is 1.40 bits per heavy atom. The van der Waals surface area contributed by atoms with Crippen LogP contribution >= 0.6 is 11.8 Å². The zero-order chi connectivity index (χ0) is 14.4. The third kappa shape index (κ3) is 3.67. The highest BCUT2D eigenvalue weighted by Gasteiger charge is 2.23. The lowest BCUT2D eigenvalue weighted by atomic mass is 10.2. The molecule has 1 aliphatic rings. The maximum Gasteiger partial charge on any atom is 0.263 e. The van der Waals surface area contributed by atoms with Crippen molar-refractivity contribution in [2.24, 2.45) is 0 Å². The largest absolute Gasteiger partial charge is 0.480 e. The third-order valence-electron chi connectivity index (χ3n) is 3.19. The van der Waals surface area contributed by atoms with Gasteiger partial charge in [0.15, 0.2) is 6.10 Å². The number of hydrogen-bond acceptors (Lipinski definition) is 4. The summed E-state index contributed by atoms with van der Waals surface area (Å²) >= 11 is 1.88. The Hall–Kier alpha value is -1.67. The summed E-state index contributed by atoms with van der Waals surface area (Å²) in [6.07, 6.45) is 0.463. The monoisotopic (exact) mass is 290 g/mol. The number of nitrogens with zero attached hydrogens (tertiary/aromatic N) is 2. The standard InChI is InChI=1S/C15H18N2O2S/c1-12(15(18)17-7-4-9-20-10-8-17)19-14-6-3-2-5-13(14)11-16/h2-3,5-6,12H,4,7-10H2,1H3/t12-/m1/s1. The SMILES string of the molecule is C[C@@H](Oc1ccccc1C#N)C(=O)N1CCCSCC1. The zero-order valence-electron chi connectivity index (χ0n) is 11.5. The van der Waals surface area contributed by atoms with E-state index >= 15 is 0 Å². The van der Waals surface area contributed by atoms with E-state index in [0.29, 0.717) is 11.3 Å². The Bertz CT molecular complexity index is 505. The lowest BCUT2D eigenvalue weighted by Gasteiger charge is -2.24. The van der Waals surface area contributed by atoms with Crippen molar-refractivity contribution in [1.82, 2.24) is 4.90 Å². The number of rotatable bonds is 3. The molecular formula is C15H18N2O2S. The maximum atomic E-state index is 12.4. The molecule has 1 atom stereocenters. The summed E-state index contributed by atoms with van der Waals surface area (Å²) in [4.78, 5) is 14.2. The van der Waals surface area contributed by atoms with Crippen molar-refractivity contribution in [3.05, 3.63) is 29.8 Å². The number of carbonyl (C=O) groups is 1. The second-order valence-electron chi connectivity index (χ2n) is 4.66. The van der Waals surface area contributed by atoms with Crippen LogP contribution in [0.4, 0.5) is 0 Å². The fourth-order valence-electron chi connectivity index (χ4n) is 2.13. The summed E-state index contributed by atoms with van der Waals surface area (Å²) in [5, 5.41) is 9.03. The van der Waals surface area contributed by atoms with Crippen molar-refractivity contribution in [2.45, 2.75) is 19.4 Å². The topological polar surface area (TPSA) is 53.3 Å². The molecule has 5 heteroatoms. The predicted molar refractivity (Wildman–Crippen MR) is 79.8 cm³/mol. The van der Waals surface area contributed by atoms with Crippen LogP contribution in [-0.2, 0) is 4.79 Å². The number of ether oxygens (including phenoxy) is 1. The Balaban J connectivity index is 2.01. The highest BCUT2D eigenvalue weighted by molar-refractivity contribution is 7.99. The molecule has 0 radical (unpaired) electrons. The number of amides is 1. The summed E-state index contributed by atoms with van der Waals surface area (Å²) in [6.45, 7) is 3.31. The molecule has 0 spiro atoms. The molecule has 106 valence electrons. The normalized spacial score (nSPS) is 16.9. The number of nitriles is 1. The van der Waals surface area contributed by atoms with Crippen molar-refractivity contribution in [3.63, 3.8) is 0 Å². The average molecular weight is 290 g/mol. The molecule has 0 bridgehead atoms. The summed E-state index contributed by atoms with van der Waals surface area (Å²) in [5.41, 5.74) is 0.457. The van der Waals surface area contributed by atoms with Crippen molar-refractivity contribution >= 4 is 17.7 Å². The molecule has 1 aromatic rings. The first-order valence-electron chi connectivity index (χ1n) is 6.74. The smallest absolute Gasteiger partial charge is 0.263 e. The number of benzene rings is 1. The Labute approximate surface area is 123 Å². The maximum absolute atomic E-state index is 12.4. The molecule has 1 heterocycles. The van der Waals surface area contributed by atoms with Crippen LogP contribution in [0, 0.1) is 11.3 Å². The molecule has 20 heavy (non-hydrogen) atoms. The first-order valence-corrected chi connectivity index (χ1v) is 7.90. The van der Waals surface area contributed by atoms with Gasteiger partial charge in [-0.1, -0.05) is 12.1 Å². The molecule has 1 fully saturated rings. The average Bonchev–Trinajstić information content (AvgIpc) is 2.76. The second-order valence-corrected chi connectivity index (χ2v) is 5.88. The minimum atomic E-state index is -0.562. The molecule has 0 aromatic heterocycles. The van der Waals surface area contributed by atoms with Crippen LogP contribution < -0.4 is 4.74 Å². The van der Waals surface area contributed by atoms with E-state index in [9.17, 15) is 4.79 Å². The van der Waals surface area contributed by atoms with Gasteiger partial charge < -0.3 is 9.64 Å². The van der Waals surface area contributed by atoms with Gasteiger partial charge in [0.25, 0.3) is 5.91 Å². The predicted octanol–water partition coefficient (Wildman–Crippen LogP) is 2.29. The van der Waals surface area contributed by atoms with Gasteiger partial charge in [-0.3, -0.25) is 4.79 Å². The lowest BCUT2D eigenvalue weighted by Crippen LogP contribution is -2.41. The fraction of sp³-hybridized carbons (Fsp3) is 0.467. The van der Waals surface area contributed by atoms with Crippen LogP contribution in [0.25, 0.3) is 0 Å². The van der Waals surface area contributed by atoms with Gasteiger partial charge in [0.1, 0.15) is 11.8 Å². The molecule has 2 rings (SSSR count). The number of carbonyl (C=O) groups excluding carboxylic acids is 1. The Morgan fingerprint density at radius 2 is 2.20 bits per heavy atom. The highest BCUT2D eigenvalue weighted by atomic mass is 32.2. The van der Waals surface area contributed by atoms with Crippen LogP contribution in [0.5, 0.6) is 5.75 Å². The summed E-state index contributed by atoms with van der Waals surface area (Å²) in [7, 11) is 0. The van der Waals surface area contributed by atoms with Crippen LogP contribution in [-0.4, -0.2) is 41.5 Å². The number of hydrogen-bond donors (Lipinski definition) is 0. The van der Waals surface area contributed by atoms with Gasteiger partial charge in [0.05, 0.1) is 5.56 Å². The molecule has 0 unspecified atom stereocenters. The van der Waals surface area contributed by atoms with Crippen molar-refractivity contribution < 1.29 is 9.53 Å². The number of para-hydroxylation sites is 1. The van der Waals surface area contributed by atoms with Gasteiger partial charge in [-0.05, 0) is 31.2 Å². The number of thioether (sulfide) groups is 1. The first-order chi connectivity index (χ1) is 9.72. The van der Waals surface area contributed by atoms with E-state index in [4.69, 9.17) is 10.00 Å². The van der Waals surface area contributed by atoms with E-state index in [1.165, 1.54) is 0 Å². The Kier molecular flexibility index (Phi) is 5.31. The lowest BCUT2D eigenvalue weighted by molar-refractivity contribution is -0.137. The van der Waals surface area contributed by atoms with Crippen LogP contribution in [0.2, 0.25) is 0 Å². The van der Waals surface area contributed by atoms with E-state index in [-0.39, 0.29) is 5.91 Å². The van der Waals surface area contributed by atoms with Crippen molar-refractivity contribution in [2.75, 3.05) is 24.6 Å². The molecule has 1 aliphatic heterocycles. The van der Waals surface area contributed by atoms with Gasteiger partial charge in [-0.25, -0.2) is 0 Å². The van der Waals surface area contributed by atoms with E-state index in [2.05, 4.69) is 6.07 Å². The highest BCUT2D eigenvalue weighted by Crippen LogP contribution is 2.19. The molecular weight excluding hydrogens is 272 g/mol. The second kappa shape index (κ2) is 7.20. The van der Waals surface area contributed by atoms with Crippen molar-refractivity contribution in [3.8, 4) is 11.8 Å². The van der Waals surface area contributed by atoms with E-state index in [1.807, 2.05) is 16.7 Å². The van der Waals surface area contributed by atoms with E-state index in [0.717, 1.165) is 31.0 Å². The first kappa shape index (κ1) is 14.7. The molecule has 0 aliphatic carbocycles. The molecule has 1 saturated heterocycles. The minimum Gasteiger partial charge on any atom is -0.480 e. The van der Waals surface area contributed by atoms with E-state index < -0.39 is 6.10 Å². The minimum absolute atomic E-state index is 0.000225. The van der Waals surface area contributed by atoms with Crippen LogP contribution in [0.3, 0.4) is 0 Å². The molecule has 4 nitrogen and oxygen atoms in total. The van der Waals surface area contributed by atoms with Gasteiger partial charge in [0, 0.05) is 18.8 Å². The van der Waals surface area contributed by atoms with Gasteiger partial charge >= 0.3 is 0 Å². The van der Waals surface area contributed by atoms with Gasteiger partial charge in [-0.15, -0.1) is 0 Å². The van der Waals surface area contributed by atoms with E-state index in [1.54, 1.807) is 31.2 Å². The Morgan fingerprint density at radius 3 is 3.00 bits per heavy atom. The molecule has 0 saturated carbocycles. The molecule has 1 aromatic carbocycles. The molecule has 0 N–H and O–H groups in total. The van der Waals surface area contributed by atoms with Gasteiger partial charge in [-0.2, -0.15) is 17.0 Å². The fourth-order valence-corrected chi connectivity index (χ4v) is 3.01. The zero-order valence-corrected chi connectivity index (χ0v) is 12.4. The molecule has 1 amide bonds. The third-order valence-corrected chi connectivity index (χ3v) is 4.24. The summed E-state index contributed by atoms with van der Waals surface area (Å²) in [6, 6.07) is 9.07. The van der Waals surface area contributed by atoms with Gasteiger partial charge in [0.2, 0.25) is 0 Å². The summed E-state index contributed by atoms with van der Waals surface area (Å²) < 4.78 is 5.67. The summed E-state index contributed by atoms with van der Waals surface area (Å²) in [5.74, 6) is 2.56. The van der Waals surface area contributed by atoms with Crippen molar-refractivity contribution in [1.29, 1.82) is 5.26 Å². The quantitative estimate of drug-likeness (QED) is 0.857.